The average Bonchev–Trinajstić information content (AvgIpc) is 2.14. The van der Waals surface area contributed by atoms with Crippen LogP contribution < -0.4 is 0 Å². The van der Waals surface area contributed by atoms with Gasteiger partial charge in [-0.05, 0) is 42.4 Å². The van der Waals surface area contributed by atoms with Crippen LogP contribution in [0.3, 0.4) is 0 Å². The quantitative estimate of drug-likeness (QED) is 0.595. The molecule has 1 aliphatic carbocycles. The van der Waals surface area contributed by atoms with Crippen LogP contribution in [-0.2, 0) is 0 Å². The van der Waals surface area contributed by atoms with Gasteiger partial charge in [0.25, 0.3) is 0 Å². The minimum atomic E-state index is 0.884. The summed E-state index contributed by atoms with van der Waals surface area (Å²) >= 11 is 0. The normalized spacial score (nSPS) is 34.3. The Bertz CT molecular complexity index is 159. The zero-order valence-electron chi connectivity index (χ0n) is 10.7. The van der Waals surface area contributed by atoms with E-state index in [1.807, 2.05) is 0 Å². The van der Waals surface area contributed by atoms with E-state index in [1.165, 1.54) is 25.7 Å². The Morgan fingerprint density at radius 1 is 1.07 bits per heavy atom. The van der Waals surface area contributed by atoms with Crippen LogP contribution in [0.25, 0.3) is 0 Å². The molecule has 1 fully saturated rings. The van der Waals surface area contributed by atoms with Gasteiger partial charge in [0.1, 0.15) is 0 Å². The van der Waals surface area contributed by atoms with Gasteiger partial charge in [-0.3, -0.25) is 0 Å². The molecule has 0 N–H and O–H groups in total. The van der Waals surface area contributed by atoms with Gasteiger partial charge in [0.2, 0.25) is 0 Å². The summed E-state index contributed by atoms with van der Waals surface area (Å²) in [5, 5.41) is 0. The molecule has 1 rings (SSSR count). The Morgan fingerprint density at radius 3 is 2.14 bits per heavy atom. The molecule has 1 aliphatic rings. The largest absolute Gasteiger partial charge is 0.0628 e. The first-order chi connectivity index (χ1) is 6.50. The van der Waals surface area contributed by atoms with Gasteiger partial charge in [-0.2, -0.15) is 0 Å². The Hall–Kier alpha value is 0. The molecule has 0 radical (unpaired) electrons. The van der Waals surface area contributed by atoms with Crippen molar-refractivity contribution in [2.75, 3.05) is 0 Å². The highest BCUT2D eigenvalue weighted by molar-refractivity contribution is 4.84. The van der Waals surface area contributed by atoms with E-state index in [0.717, 1.165) is 29.6 Å². The van der Waals surface area contributed by atoms with Crippen molar-refractivity contribution in [1.29, 1.82) is 0 Å². The molecule has 1 saturated carbocycles. The Kier molecular flexibility index (Phi) is 4.47. The van der Waals surface area contributed by atoms with E-state index >= 15 is 0 Å². The summed E-state index contributed by atoms with van der Waals surface area (Å²) in [5.41, 5.74) is 0. The zero-order valence-corrected chi connectivity index (χ0v) is 10.7. The van der Waals surface area contributed by atoms with Gasteiger partial charge in [0, 0.05) is 0 Å². The Labute approximate surface area is 90.5 Å². The fourth-order valence-electron chi connectivity index (χ4n) is 2.74. The summed E-state index contributed by atoms with van der Waals surface area (Å²) in [7, 11) is 0. The lowest BCUT2D eigenvalue weighted by Gasteiger charge is -2.42. The second kappa shape index (κ2) is 5.19. The van der Waals surface area contributed by atoms with Crippen LogP contribution in [0, 0.1) is 29.6 Å². The molecule has 4 unspecified atom stereocenters. The molecule has 84 valence electrons. The second-order valence-corrected chi connectivity index (χ2v) is 6.14. The first-order valence-corrected chi connectivity index (χ1v) is 6.50. The van der Waals surface area contributed by atoms with Gasteiger partial charge in [0.05, 0.1) is 0 Å². The molecule has 0 nitrogen and oxygen atoms in total. The van der Waals surface area contributed by atoms with Crippen LogP contribution in [0.5, 0.6) is 0 Å². The van der Waals surface area contributed by atoms with Gasteiger partial charge in [0.15, 0.2) is 0 Å². The highest BCUT2D eigenvalue weighted by Gasteiger charge is 2.34. The number of hydrogen-bond acceptors (Lipinski definition) is 0. The van der Waals surface area contributed by atoms with Crippen LogP contribution in [0.4, 0.5) is 0 Å². The summed E-state index contributed by atoms with van der Waals surface area (Å²) in [5.74, 6) is 4.88. The fourth-order valence-corrected chi connectivity index (χ4v) is 2.74. The van der Waals surface area contributed by atoms with Crippen molar-refractivity contribution in [1.82, 2.24) is 0 Å². The molecule has 0 aromatic heterocycles. The molecule has 0 amide bonds. The Balaban J connectivity index is 2.12. The van der Waals surface area contributed by atoms with Crippen molar-refractivity contribution in [3.05, 3.63) is 0 Å². The minimum absolute atomic E-state index is 0.884. The fraction of sp³-hybridized carbons (Fsp3) is 1.00. The summed E-state index contributed by atoms with van der Waals surface area (Å²) in [6.07, 6.45) is 5.83. The van der Waals surface area contributed by atoms with Crippen LogP contribution in [0.1, 0.15) is 60.3 Å². The lowest BCUT2D eigenvalue weighted by Crippen LogP contribution is -2.33. The minimum Gasteiger partial charge on any atom is -0.0628 e. The van der Waals surface area contributed by atoms with Crippen molar-refractivity contribution in [3.63, 3.8) is 0 Å². The maximum Gasteiger partial charge on any atom is -0.0381 e. The molecule has 14 heavy (non-hydrogen) atoms. The standard InChI is InChI=1S/C14H28/c1-10(2)6-7-11(3)8-14-9-12(4)13(14)5/h10-14H,6-9H2,1-5H3. The first kappa shape index (κ1) is 12.1. The average molecular weight is 196 g/mol. The maximum atomic E-state index is 2.44. The lowest BCUT2D eigenvalue weighted by molar-refractivity contribution is 0.0789. The van der Waals surface area contributed by atoms with Crippen LogP contribution in [0.15, 0.2) is 0 Å². The van der Waals surface area contributed by atoms with Crippen molar-refractivity contribution >= 4 is 0 Å². The van der Waals surface area contributed by atoms with Gasteiger partial charge < -0.3 is 0 Å². The number of hydrogen-bond donors (Lipinski definition) is 0. The van der Waals surface area contributed by atoms with Crippen LogP contribution >= 0.6 is 0 Å². The molecule has 0 spiro atoms. The molecular weight excluding hydrogens is 168 g/mol. The predicted molar refractivity (Wildman–Crippen MR) is 64.3 cm³/mol. The zero-order chi connectivity index (χ0) is 10.7. The molecule has 0 aromatic carbocycles. The van der Waals surface area contributed by atoms with E-state index in [0.29, 0.717) is 0 Å². The van der Waals surface area contributed by atoms with Gasteiger partial charge in [-0.1, -0.05) is 47.5 Å². The first-order valence-electron chi connectivity index (χ1n) is 6.50. The second-order valence-electron chi connectivity index (χ2n) is 6.14. The van der Waals surface area contributed by atoms with Gasteiger partial charge in [-0.15, -0.1) is 0 Å². The highest BCUT2D eigenvalue weighted by atomic mass is 14.4. The van der Waals surface area contributed by atoms with Crippen LogP contribution in [-0.4, -0.2) is 0 Å². The highest BCUT2D eigenvalue weighted by Crippen LogP contribution is 2.43. The van der Waals surface area contributed by atoms with Gasteiger partial charge in [-0.25, -0.2) is 0 Å². The SMILES string of the molecule is CC(C)CCC(C)CC1CC(C)C1C. The summed E-state index contributed by atoms with van der Waals surface area (Å²) in [6, 6.07) is 0. The van der Waals surface area contributed by atoms with E-state index in [9.17, 15) is 0 Å². The molecule has 0 aromatic rings. The van der Waals surface area contributed by atoms with Crippen molar-refractivity contribution in [3.8, 4) is 0 Å². The van der Waals surface area contributed by atoms with Crippen LogP contribution in [0.2, 0.25) is 0 Å². The third kappa shape index (κ3) is 3.29. The molecule has 0 heteroatoms. The molecule has 0 saturated heterocycles. The van der Waals surface area contributed by atoms with E-state index in [-0.39, 0.29) is 0 Å². The topological polar surface area (TPSA) is 0 Å². The van der Waals surface area contributed by atoms with E-state index in [1.54, 1.807) is 0 Å². The maximum absolute atomic E-state index is 2.44. The Morgan fingerprint density at radius 2 is 1.71 bits per heavy atom. The number of rotatable bonds is 5. The monoisotopic (exact) mass is 196 g/mol. The lowest BCUT2D eigenvalue weighted by atomic mass is 9.63. The predicted octanol–water partition coefficient (Wildman–Crippen LogP) is 4.74. The van der Waals surface area contributed by atoms with Crippen molar-refractivity contribution in [2.45, 2.75) is 60.3 Å². The molecule has 0 aliphatic heterocycles. The van der Waals surface area contributed by atoms with E-state index in [4.69, 9.17) is 0 Å². The third-order valence-corrected chi connectivity index (χ3v) is 4.26. The molecule has 4 atom stereocenters. The summed E-state index contributed by atoms with van der Waals surface area (Å²) in [6.45, 7) is 12.0. The van der Waals surface area contributed by atoms with Crippen molar-refractivity contribution in [2.24, 2.45) is 29.6 Å². The summed E-state index contributed by atoms with van der Waals surface area (Å²) in [4.78, 5) is 0. The van der Waals surface area contributed by atoms with Crippen molar-refractivity contribution < 1.29 is 0 Å². The van der Waals surface area contributed by atoms with E-state index < -0.39 is 0 Å². The third-order valence-electron chi connectivity index (χ3n) is 4.26. The summed E-state index contributed by atoms with van der Waals surface area (Å²) < 4.78 is 0. The van der Waals surface area contributed by atoms with E-state index in [2.05, 4.69) is 34.6 Å². The molecule has 0 heterocycles. The smallest absolute Gasteiger partial charge is 0.0381 e. The van der Waals surface area contributed by atoms with Gasteiger partial charge >= 0.3 is 0 Å². The molecular formula is C14H28. The molecule has 0 bridgehead atoms.